The minimum atomic E-state index is -0.900. The Kier molecular flexibility index (Phi) is 4.36. The molecule has 1 aliphatic rings. The van der Waals surface area contributed by atoms with Gasteiger partial charge in [-0.3, -0.25) is 4.98 Å². The van der Waals surface area contributed by atoms with Crippen molar-refractivity contribution in [3.8, 4) is 0 Å². The predicted octanol–water partition coefficient (Wildman–Crippen LogP) is -0.772. The molecule has 17 heavy (non-hydrogen) atoms. The molecule has 0 bridgehead atoms. The molecule has 2 rings (SSSR count). The summed E-state index contributed by atoms with van der Waals surface area (Å²) in [5.41, 5.74) is 0. The first-order chi connectivity index (χ1) is 8.22. The Morgan fingerprint density at radius 2 is 1.82 bits per heavy atom. The zero-order valence-electron chi connectivity index (χ0n) is 9.23. The molecule has 0 unspecified atom stereocenters. The molecule has 1 fully saturated rings. The van der Waals surface area contributed by atoms with Crippen LogP contribution in [0.3, 0.4) is 0 Å². The monoisotopic (exact) mass is 256 g/mol. The molecule has 6 heteroatoms. The lowest BCUT2D eigenvalue weighted by atomic mass is 10.1. The van der Waals surface area contributed by atoms with Gasteiger partial charge in [0.05, 0.1) is 24.9 Å². The zero-order valence-corrected chi connectivity index (χ0v) is 10.0. The molecule has 1 aromatic heterocycles. The molecular formula is C11H16N2O3S. The van der Waals surface area contributed by atoms with E-state index in [4.69, 9.17) is 5.11 Å². The van der Waals surface area contributed by atoms with Crippen LogP contribution in [0.2, 0.25) is 0 Å². The molecule has 4 atom stereocenters. The SMILES string of the molecule is OC[C@H]1N[C@@H](CSc2ccncc2)[C@@H](O)[C@@H]1O. The molecule has 94 valence electrons. The van der Waals surface area contributed by atoms with Crippen molar-refractivity contribution in [2.45, 2.75) is 29.2 Å². The summed E-state index contributed by atoms with van der Waals surface area (Å²) in [4.78, 5) is 4.99. The highest BCUT2D eigenvalue weighted by molar-refractivity contribution is 7.99. The lowest BCUT2D eigenvalue weighted by Gasteiger charge is -2.15. The van der Waals surface area contributed by atoms with E-state index in [1.807, 2.05) is 12.1 Å². The molecule has 0 amide bonds. The number of nitrogens with zero attached hydrogens (tertiary/aromatic N) is 1. The van der Waals surface area contributed by atoms with Crippen LogP contribution in [0.15, 0.2) is 29.4 Å². The highest BCUT2D eigenvalue weighted by atomic mass is 32.2. The first-order valence-corrected chi connectivity index (χ1v) is 6.47. The smallest absolute Gasteiger partial charge is 0.0989 e. The van der Waals surface area contributed by atoms with E-state index in [2.05, 4.69) is 10.3 Å². The van der Waals surface area contributed by atoms with Crippen LogP contribution in [0.4, 0.5) is 0 Å². The number of nitrogens with one attached hydrogen (secondary N) is 1. The number of aliphatic hydroxyl groups is 3. The van der Waals surface area contributed by atoms with Crippen molar-refractivity contribution in [2.75, 3.05) is 12.4 Å². The molecular weight excluding hydrogens is 240 g/mol. The van der Waals surface area contributed by atoms with Crippen molar-refractivity contribution in [3.05, 3.63) is 24.5 Å². The largest absolute Gasteiger partial charge is 0.395 e. The Balaban J connectivity index is 1.88. The van der Waals surface area contributed by atoms with Gasteiger partial charge in [-0.15, -0.1) is 11.8 Å². The second-order valence-electron chi connectivity index (χ2n) is 4.04. The summed E-state index contributed by atoms with van der Waals surface area (Å²) >= 11 is 1.58. The summed E-state index contributed by atoms with van der Waals surface area (Å²) < 4.78 is 0. The third-order valence-electron chi connectivity index (χ3n) is 2.88. The fraction of sp³-hybridized carbons (Fsp3) is 0.545. The van der Waals surface area contributed by atoms with Gasteiger partial charge in [0.25, 0.3) is 0 Å². The molecule has 1 saturated heterocycles. The average molecular weight is 256 g/mol. The molecule has 0 saturated carbocycles. The van der Waals surface area contributed by atoms with Crippen LogP contribution in [0.25, 0.3) is 0 Å². The highest BCUT2D eigenvalue weighted by Crippen LogP contribution is 2.22. The Hall–Kier alpha value is -0.660. The van der Waals surface area contributed by atoms with Crippen LogP contribution < -0.4 is 5.32 Å². The topological polar surface area (TPSA) is 85.6 Å². The van der Waals surface area contributed by atoms with E-state index in [-0.39, 0.29) is 12.6 Å². The lowest BCUT2D eigenvalue weighted by molar-refractivity contribution is 0.0219. The van der Waals surface area contributed by atoms with E-state index in [1.165, 1.54) is 0 Å². The van der Waals surface area contributed by atoms with Crippen LogP contribution in [-0.4, -0.2) is 57.0 Å². The van der Waals surface area contributed by atoms with Crippen molar-refractivity contribution in [2.24, 2.45) is 0 Å². The number of hydrogen-bond acceptors (Lipinski definition) is 6. The number of rotatable bonds is 4. The Labute approximate surface area is 104 Å². The van der Waals surface area contributed by atoms with Gasteiger partial charge >= 0.3 is 0 Å². The van der Waals surface area contributed by atoms with Crippen LogP contribution in [0.5, 0.6) is 0 Å². The summed E-state index contributed by atoms with van der Waals surface area (Å²) in [6, 6.07) is 3.14. The van der Waals surface area contributed by atoms with Crippen molar-refractivity contribution in [1.82, 2.24) is 10.3 Å². The van der Waals surface area contributed by atoms with Gasteiger partial charge in [-0.2, -0.15) is 0 Å². The molecule has 0 aromatic carbocycles. The van der Waals surface area contributed by atoms with Gasteiger partial charge in [0.1, 0.15) is 0 Å². The fourth-order valence-electron chi connectivity index (χ4n) is 1.88. The molecule has 0 aliphatic carbocycles. The third-order valence-corrected chi connectivity index (χ3v) is 4.01. The van der Waals surface area contributed by atoms with Crippen LogP contribution in [0.1, 0.15) is 0 Å². The highest BCUT2D eigenvalue weighted by Gasteiger charge is 2.40. The van der Waals surface area contributed by atoms with Crippen LogP contribution >= 0.6 is 11.8 Å². The van der Waals surface area contributed by atoms with Crippen LogP contribution in [-0.2, 0) is 0 Å². The summed E-state index contributed by atoms with van der Waals surface area (Å²) in [6.45, 7) is -0.172. The van der Waals surface area contributed by atoms with Gasteiger partial charge < -0.3 is 20.6 Å². The van der Waals surface area contributed by atoms with Gasteiger partial charge in [-0.25, -0.2) is 0 Å². The number of aliphatic hydroxyl groups excluding tert-OH is 3. The molecule has 5 nitrogen and oxygen atoms in total. The normalized spacial score (nSPS) is 32.9. The molecule has 0 spiro atoms. The number of pyridine rings is 1. The van der Waals surface area contributed by atoms with E-state index >= 15 is 0 Å². The lowest BCUT2D eigenvalue weighted by Crippen LogP contribution is -2.37. The molecule has 0 radical (unpaired) electrons. The van der Waals surface area contributed by atoms with Crippen molar-refractivity contribution < 1.29 is 15.3 Å². The van der Waals surface area contributed by atoms with Gasteiger partial charge in [0.15, 0.2) is 0 Å². The third kappa shape index (κ3) is 2.97. The van der Waals surface area contributed by atoms with Gasteiger partial charge in [-0.1, -0.05) is 0 Å². The summed E-state index contributed by atoms with van der Waals surface area (Å²) in [7, 11) is 0. The van der Waals surface area contributed by atoms with Crippen molar-refractivity contribution in [3.63, 3.8) is 0 Å². The fourth-order valence-corrected chi connectivity index (χ4v) is 2.86. The van der Waals surface area contributed by atoms with E-state index in [0.717, 1.165) is 4.90 Å². The zero-order chi connectivity index (χ0) is 12.3. The molecule has 4 N–H and O–H groups in total. The minimum absolute atomic E-state index is 0.172. The average Bonchev–Trinajstić information content (AvgIpc) is 2.65. The first-order valence-electron chi connectivity index (χ1n) is 5.48. The van der Waals surface area contributed by atoms with E-state index in [0.29, 0.717) is 5.75 Å². The molecule has 2 heterocycles. The second kappa shape index (κ2) is 5.79. The molecule has 1 aromatic rings. The maximum absolute atomic E-state index is 9.79. The van der Waals surface area contributed by atoms with Gasteiger partial charge in [-0.05, 0) is 12.1 Å². The first kappa shape index (κ1) is 12.8. The summed E-state index contributed by atoms with van der Waals surface area (Å²) in [5.74, 6) is 0.638. The summed E-state index contributed by atoms with van der Waals surface area (Å²) in [6.07, 6.45) is 1.70. The Morgan fingerprint density at radius 1 is 1.18 bits per heavy atom. The van der Waals surface area contributed by atoms with E-state index in [1.54, 1.807) is 24.2 Å². The van der Waals surface area contributed by atoms with Crippen LogP contribution in [0, 0.1) is 0 Å². The standard InChI is InChI=1S/C11H16N2O3S/c14-5-8-10(15)11(16)9(13-8)6-17-7-1-3-12-4-2-7/h1-4,8-11,13-16H,5-6H2/t8-,9+,10-,11-/m1/s1. The maximum Gasteiger partial charge on any atom is 0.0989 e. The Bertz CT molecular complexity index is 352. The minimum Gasteiger partial charge on any atom is -0.395 e. The van der Waals surface area contributed by atoms with Gasteiger partial charge in [0, 0.05) is 29.1 Å². The second-order valence-corrected chi connectivity index (χ2v) is 5.13. The summed E-state index contributed by atoms with van der Waals surface area (Å²) in [5, 5.41) is 31.5. The molecule has 1 aliphatic heterocycles. The number of aromatic nitrogens is 1. The number of hydrogen-bond donors (Lipinski definition) is 4. The quantitative estimate of drug-likeness (QED) is 0.529. The van der Waals surface area contributed by atoms with Crippen molar-refractivity contribution >= 4 is 11.8 Å². The predicted molar refractivity (Wildman–Crippen MR) is 64.8 cm³/mol. The maximum atomic E-state index is 9.79. The van der Waals surface area contributed by atoms with Crippen molar-refractivity contribution in [1.29, 1.82) is 0 Å². The van der Waals surface area contributed by atoms with E-state index < -0.39 is 18.2 Å². The Morgan fingerprint density at radius 3 is 2.41 bits per heavy atom. The van der Waals surface area contributed by atoms with E-state index in [9.17, 15) is 10.2 Å². The van der Waals surface area contributed by atoms with Gasteiger partial charge in [0.2, 0.25) is 0 Å². The number of thioether (sulfide) groups is 1.